The summed E-state index contributed by atoms with van der Waals surface area (Å²) in [7, 11) is 4.09. The van der Waals surface area contributed by atoms with E-state index < -0.39 is 0 Å². The largest absolute Gasteiger partial charge is 0.331 e. The number of imidazole rings is 1. The summed E-state index contributed by atoms with van der Waals surface area (Å²) >= 11 is 0. The summed E-state index contributed by atoms with van der Waals surface area (Å²) < 4.78 is 2.25. The lowest BCUT2D eigenvalue weighted by atomic mass is 10.1. The Bertz CT molecular complexity index is 1120. The van der Waals surface area contributed by atoms with Gasteiger partial charge in [-0.25, -0.2) is 4.98 Å². The van der Waals surface area contributed by atoms with Gasteiger partial charge in [-0.2, -0.15) is 0 Å². The van der Waals surface area contributed by atoms with Crippen molar-refractivity contribution < 1.29 is 4.79 Å². The fraction of sp³-hybridized carbons (Fsp3) is 0.467. The van der Waals surface area contributed by atoms with Crippen molar-refractivity contribution >= 4 is 16.9 Å². The molecule has 0 radical (unpaired) electrons. The maximum absolute atomic E-state index is 13.6. The summed E-state index contributed by atoms with van der Waals surface area (Å²) in [4.78, 5) is 22.8. The van der Waals surface area contributed by atoms with Crippen molar-refractivity contribution in [2.24, 2.45) is 0 Å². The van der Waals surface area contributed by atoms with E-state index in [2.05, 4.69) is 54.4 Å². The van der Waals surface area contributed by atoms with Gasteiger partial charge in [-0.1, -0.05) is 56.7 Å². The highest BCUT2D eigenvalue weighted by atomic mass is 16.2. The topological polar surface area (TPSA) is 53.4 Å². The molecule has 0 aliphatic carbocycles. The van der Waals surface area contributed by atoms with Crippen LogP contribution in [0, 0.1) is 0 Å². The van der Waals surface area contributed by atoms with Gasteiger partial charge < -0.3 is 19.7 Å². The van der Waals surface area contributed by atoms with Crippen LogP contribution in [0.1, 0.15) is 61.3 Å². The van der Waals surface area contributed by atoms with E-state index in [4.69, 9.17) is 4.98 Å². The zero-order chi connectivity index (χ0) is 25.9. The second-order valence-corrected chi connectivity index (χ2v) is 9.71. The number of para-hydroxylation sites is 2. The van der Waals surface area contributed by atoms with Gasteiger partial charge in [-0.15, -0.1) is 0 Å². The maximum Gasteiger partial charge on any atom is 0.254 e. The van der Waals surface area contributed by atoms with Gasteiger partial charge in [-0.3, -0.25) is 4.79 Å². The van der Waals surface area contributed by atoms with Crippen LogP contribution < -0.4 is 5.32 Å². The number of rotatable bonds is 15. The Labute approximate surface area is 217 Å². The average Bonchev–Trinajstić information content (AvgIpc) is 3.22. The molecule has 1 aromatic heterocycles. The molecule has 194 valence electrons. The fourth-order valence-corrected chi connectivity index (χ4v) is 4.49. The Kier molecular flexibility index (Phi) is 10.7. The maximum atomic E-state index is 13.6. The minimum Gasteiger partial charge on any atom is -0.331 e. The third-order valence-electron chi connectivity index (χ3n) is 6.55. The number of fused-ring (bicyclic) bond motifs is 1. The SMILES string of the molecule is C=C(CCN(C)CCC)Cn1c(CN(CCCC)C(=O)c2ccc(CNC)cc2)nc2ccccc21. The molecule has 6 heteroatoms. The first-order valence-corrected chi connectivity index (χ1v) is 13.3. The average molecular weight is 490 g/mol. The van der Waals surface area contributed by atoms with Gasteiger partial charge in [-0.05, 0) is 69.7 Å². The molecule has 0 atom stereocenters. The molecule has 2 aromatic carbocycles. The van der Waals surface area contributed by atoms with E-state index in [1.54, 1.807) is 0 Å². The van der Waals surface area contributed by atoms with Crippen LogP contribution in [0.25, 0.3) is 11.0 Å². The first-order valence-electron chi connectivity index (χ1n) is 13.3. The molecule has 6 nitrogen and oxygen atoms in total. The number of carbonyl (C=O) groups is 1. The summed E-state index contributed by atoms with van der Waals surface area (Å²) in [5.74, 6) is 0.966. The van der Waals surface area contributed by atoms with Gasteiger partial charge in [0.25, 0.3) is 5.91 Å². The number of amides is 1. The molecule has 0 spiro atoms. The second-order valence-electron chi connectivity index (χ2n) is 9.71. The molecule has 1 N–H and O–H groups in total. The molecule has 36 heavy (non-hydrogen) atoms. The predicted molar refractivity (Wildman–Crippen MR) is 150 cm³/mol. The number of carbonyl (C=O) groups excluding carboxylic acids is 1. The van der Waals surface area contributed by atoms with Gasteiger partial charge in [0.1, 0.15) is 5.82 Å². The molecule has 0 unspecified atom stereocenters. The molecule has 0 saturated heterocycles. The van der Waals surface area contributed by atoms with Crippen LogP contribution in [0.2, 0.25) is 0 Å². The summed E-state index contributed by atoms with van der Waals surface area (Å²) in [6.07, 6.45) is 4.09. The lowest BCUT2D eigenvalue weighted by Gasteiger charge is -2.23. The highest BCUT2D eigenvalue weighted by Gasteiger charge is 2.20. The molecule has 0 saturated carbocycles. The molecule has 1 heterocycles. The van der Waals surface area contributed by atoms with Crippen LogP contribution >= 0.6 is 0 Å². The molecule has 1 amide bonds. The van der Waals surface area contributed by atoms with Crippen molar-refractivity contribution in [3.05, 3.63) is 77.6 Å². The lowest BCUT2D eigenvalue weighted by molar-refractivity contribution is 0.0735. The Morgan fingerprint density at radius 1 is 1.03 bits per heavy atom. The third kappa shape index (κ3) is 7.52. The molecule has 0 bridgehead atoms. The molecular formula is C30H43N5O. The monoisotopic (exact) mass is 489 g/mol. The number of nitrogens with zero attached hydrogens (tertiary/aromatic N) is 4. The zero-order valence-electron chi connectivity index (χ0n) is 22.6. The van der Waals surface area contributed by atoms with Crippen molar-refractivity contribution in [1.82, 2.24) is 24.7 Å². The van der Waals surface area contributed by atoms with Crippen molar-refractivity contribution in [2.45, 2.75) is 59.2 Å². The standard InChI is InChI=1S/C30H43N5O/c1-6-8-19-34(30(36)26-15-13-25(14-16-26)21-31-4)23-29-32-27-11-9-10-12-28(27)35(29)22-24(3)17-20-33(5)18-7-2/h9-16,31H,3,6-8,17-23H2,1-2,4-5H3. The molecule has 0 aliphatic heterocycles. The van der Waals surface area contributed by atoms with Crippen LogP contribution in [0.4, 0.5) is 0 Å². The quantitative estimate of drug-likeness (QED) is 0.287. The van der Waals surface area contributed by atoms with E-state index in [1.165, 1.54) is 11.1 Å². The Hall–Kier alpha value is -2.96. The van der Waals surface area contributed by atoms with Gasteiger partial charge >= 0.3 is 0 Å². The summed E-state index contributed by atoms with van der Waals surface area (Å²) in [5, 5.41) is 3.16. The minimum atomic E-state index is 0.0538. The Balaban J connectivity index is 1.84. The normalized spacial score (nSPS) is 11.4. The van der Waals surface area contributed by atoms with Gasteiger partial charge in [0.2, 0.25) is 0 Å². The van der Waals surface area contributed by atoms with Crippen LogP contribution in [0.5, 0.6) is 0 Å². The highest BCUT2D eigenvalue weighted by molar-refractivity contribution is 5.94. The molecule has 0 aliphatic rings. The summed E-state index contributed by atoms with van der Waals surface area (Å²) in [5.41, 5.74) is 5.11. The van der Waals surface area contributed by atoms with Crippen molar-refractivity contribution in [1.29, 1.82) is 0 Å². The Morgan fingerprint density at radius 2 is 1.78 bits per heavy atom. The number of nitrogens with one attached hydrogen (secondary N) is 1. The van der Waals surface area contributed by atoms with Crippen LogP contribution in [0.15, 0.2) is 60.7 Å². The predicted octanol–water partition coefficient (Wildman–Crippen LogP) is 5.49. The third-order valence-corrected chi connectivity index (χ3v) is 6.55. The van der Waals surface area contributed by atoms with E-state index >= 15 is 0 Å². The summed E-state index contributed by atoms with van der Waals surface area (Å²) in [6, 6.07) is 16.1. The van der Waals surface area contributed by atoms with Crippen LogP contribution in [0.3, 0.4) is 0 Å². The fourth-order valence-electron chi connectivity index (χ4n) is 4.49. The van der Waals surface area contributed by atoms with E-state index in [0.29, 0.717) is 19.6 Å². The number of hydrogen-bond acceptors (Lipinski definition) is 4. The Morgan fingerprint density at radius 3 is 2.47 bits per heavy atom. The van der Waals surface area contributed by atoms with E-state index in [0.717, 1.165) is 67.7 Å². The van der Waals surface area contributed by atoms with Crippen molar-refractivity contribution in [3.8, 4) is 0 Å². The number of benzene rings is 2. The molecule has 0 fully saturated rings. The zero-order valence-corrected chi connectivity index (χ0v) is 22.6. The lowest BCUT2D eigenvalue weighted by Crippen LogP contribution is -2.33. The van der Waals surface area contributed by atoms with Crippen LogP contribution in [-0.4, -0.2) is 59.0 Å². The van der Waals surface area contributed by atoms with E-state index in [9.17, 15) is 4.79 Å². The molecule has 3 rings (SSSR count). The number of hydrogen-bond donors (Lipinski definition) is 1. The smallest absolute Gasteiger partial charge is 0.254 e. The van der Waals surface area contributed by atoms with Crippen LogP contribution in [-0.2, 0) is 19.6 Å². The molecular weight excluding hydrogens is 446 g/mol. The first kappa shape index (κ1) is 27.6. The van der Waals surface area contributed by atoms with Crippen molar-refractivity contribution in [3.63, 3.8) is 0 Å². The first-order chi connectivity index (χ1) is 17.5. The van der Waals surface area contributed by atoms with Gasteiger partial charge in [0, 0.05) is 31.7 Å². The van der Waals surface area contributed by atoms with Gasteiger partial charge in [0.15, 0.2) is 0 Å². The molecule has 3 aromatic rings. The highest BCUT2D eigenvalue weighted by Crippen LogP contribution is 2.21. The second kappa shape index (κ2) is 14.0. The number of aromatic nitrogens is 2. The van der Waals surface area contributed by atoms with Gasteiger partial charge in [0.05, 0.1) is 17.6 Å². The number of unbranched alkanes of at least 4 members (excludes halogenated alkanes) is 1. The minimum absolute atomic E-state index is 0.0538. The van der Waals surface area contributed by atoms with E-state index in [-0.39, 0.29) is 5.91 Å². The summed E-state index contributed by atoms with van der Waals surface area (Å²) in [6.45, 7) is 13.5. The van der Waals surface area contributed by atoms with Crippen molar-refractivity contribution in [2.75, 3.05) is 33.7 Å². The van der Waals surface area contributed by atoms with E-state index in [1.807, 2.05) is 48.3 Å².